The predicted molar refractivity (Wildman–Crippen MR) is 110 cm³/mol. The number of aromatic nitrogens is 2. The van der Waals surface area contributed by atoms with Crippen molar-refractivity contribution in [1.29, 1.82) is 0 Å². The summed E-state index contributed by atoms with van der Waals surface area (Å²) in [6.45, 7) is 8.45. The zero-order valence-corrected chi connectivity index (χ0v) is 16.8. The van der Waals surface area contributed by atoms with Crippen LogP contribution in [0.25, 0.3) is 5.57 Å². The van der Waals surface area contributed by atoms with E-state index in [0.29, 0.717) is 37.1 Å². The van der Waals surface area contributed by atoms with Gasteiger partial charge in [0.25, 0.3) is 0 Å². The molecule has 3 rings (SSSR count). The number of piperazine rings is 1. The van der Waals surface area contributed by atoms with Crippen molar-refractivity contribution in [1.82, 2.24) is 14.9 Å². The number of aryl methyl sites for hydroxylation is 2. The van der Waals surface area contributed by atoms with Gasteiger partial charge in [-0.15, -0.1) is 0 Å². The second-order valence-corrected chi connectivity index (χ2v) is 7.27. The Labute approximate surface area is 165 Å². The number of benzene rings is 1. The maximum Gasteiger partial charge on any atom is 0.225 e. The lowest BCUT2D eigenvalue weighted by Gasteiger charge is -2.34. The Morgan fingerprint density at radius 1 is 1.11 bits per heavy atom. The van der Waals surface area contributed by atoms with Crippen molar-refractivity contribution >= 4 is 17.4 Å². The highest BCUT2D eigenvalue weighted by atomic mass is 19.1. The lowest BCUT2D eigenvalue weighted by atomic mass is 10.00. The fourth-order valence-corrected chi connectivity index (χ4v) is 3.47. The van der Waals surface area contributed by atoms with Crippen molar-refractivity contribution in [2.24, 2.45) is 0 Å². The normalized spacial score (nSPS) is 15.1. The van der Waals surface area contributed by atoms with Gasteiger partial charge in [0.2, 0.25) is 11.9 Å². The van der Waals surface area contributed by atoms with Crippen LogP contribution < -0.4 is 4.90 Å². The number of halogens is 1. The minimum absolute atomic E-state index is 0.147. The molecule has 1 fully saturated rings. The first-order chi connectivity index (χ1) is 13.5. The highest BCUT2D eigenvalue weighted by Gasteiger charge is 2.21. The Kier molecular flexibility index (Phi) is 6.39. The smallest absolute Gasteiger partial charge is 0.225 e. The highest BCUT2D eigenvalue weighted by Crippen LogP contribution is 2.21. The summed E-state index contributed by atoms with van der Waals surface area (Å²) in [7, 11) is 0. The summed E-state index contributed by atoms with van der Waals surface area (Å²) in [5.74, 6) is 0.744. The van der Waals surface area contributed by atoms with Gasteiger partial charge < -0.3 is 9.80 Å². The Balaban J connectivity index is 1.50. The average molecular weight is 382 g/mol. The van der Waals surface area contributed by atoms with Gasteiger partial charge in [-0.3, -0.25) is 4.79 Å². The molecular weight excluding hydrogens is 355 g/mol. The van der Waals surface area contributed by atoms with E-state index in [0.717, 1.165) is 30.2 Å². The van der Waals surface area contributed by atoms with Gasteiger partial charge in [0, 0.05) is 45.0 Å². The first-order valence-electron chi connectivity index (χ1n) is 9.69. The lowest BCUT2D eigenvalue weighted by molar-refractivity contribution is -0.131. The fraction of sp³-hybridized carbons (Fsp3) is 0.409. The molecule has 0 saturated carbocycles. The molecule has 0 spiro atoms. The molecule has 0 N–H and O–H groups in total. The summed E-state index contributed by atoms with van der Waals surface area (Å²) in [5.41, 5.74) is 3.39. The first-order valence-corrected chi connectivity index (χ1v) is 9.69. The largest absolute Gasteiger partial charge is 0.339 e. The van der Waals surface area contributed by atoms with Crippen LogP contribution in [0.1, 0.15) is 36.5 Å². The molecule has 1 aliphatic rings. The molecule has 1 saturated heterocycles. The molecular formula is C22H27FN4O. The summed E-state index contributed by atoms with van der Waals surface area (Å²) >= 11 is 0. The lowest BCUT2D eigenvalue weighted by Crippen LogP contribution is -2.49. The topological polar surface area (TPSA) is 49.3 Å². The van der Waals surface area contributed by atoms with E-state index < -0.39 is 0 Å². The molecule has 1 amide bonds. The SMILES string of the molecule is C/C(=C\CCC(=O)N1CCN(c2ncccn2)CC1)c1cc(C)c(F)c(C)c1. The highest BCUT2D eigenvalue weighted by molar-refractivity contribution is 5.77. The Morgan fingerprint density at radius 2 is 1.71 bits per heavy atom. The molecule has 0 aliphatic carbocycles. The van der Waals surface area contributed by atoms with Crippen LogP contribution in [0.3, 0.4) is 0 Å². The predicted octanol–water partition coefficient (Wildman–Crippen LogP) is 3.76. The number of nitrogens with zero attached hydrogens (tertiary/aromatic N) is 4. The van der Waals surface area contributed by atoms with Crippen LogP contribution in [-0.2, 0) is 4.79 Å². The maximum absolute atomic E-state index is 13.8. The van der Waals surface area contributed by atoms with Gasteiger partial charge in [-0.05, 0) is 67.7 Å². The molecule has 1 aromatic heterocycles. The van der Waals surface area contributed by atoms with E-state index in [1.807, 2.05) is 24.0 Å². The van der Waals surface area contributed by atoms with Crippen molar-refractivity contribution in [3.8, 4) is 0 Å². The molecule has 0 atom stereocenters. The summed E-state index contributed by atoms with van der Waals surface area (Å²) in [5, 5.41) is 0. The summed E-state index contributed by atoms with van der Waals surface area (Å²) in [4.78, 5) is 25.1. The van der Waals surface area contributed by atoms with Gasteiger partial charge in [-0.2, -0.15) is 0 Å². The molecule has 2 aromatic rings. The molecule has 28 heavy (non-hydrogen) atoms. The van der Waals surface area contributed by atoms with Crippen LogP contribution in [0, 0.1) is 19.7 Å². The number of hydrogen-bond acceptors (Lipinski definition) is 4. The van der Waals surface area contributed by atoms with Crippen molar-refractivity contribution in [2.75, 3.05) is 31.1 Å². The zero-order chi connectivity index (χ0) is 20.1. The number of allylic oxidation sites excluding steroid dienone is 2. The fourth-order valence-electron chi connectivity index (χ4n) is 3.47. The van der Waals surface area contributed by atoms with Gasteiger partial charge in [0.1, 0.15) is 5.82 Å². The van der Waals surface area contributed by atoms with E-state index in [9.17, 15) is 9.18 Å². The molecule has 0 bridgehead atoms. The quantitative estimate of drug-likeness (QED) is 0.790. The second-order valence-electron chi connectivity index (χ2n) is 7.27. The van der Waals surface area contributed by atoms with Crippen molar-refractivity contribution < 1.29 is 9.18 Å². The third kappa shape index (κ3) is 4.74. The van der Waals surface area contributed by atoms with Gasteiger partial charge >= 0.3 is 0 Å². The molecule has 5 nitrogen and oxygen atoms in total. The van der Waals surface area contributed by atoms with Crippen LogP contribution in [0.2, 0.25) is 0 Å². The number of hydrogen-bond donors (Lipinski definition) is 0. The van der Waals surface area contributed by atoms with Crippen LogP contribution in [0.4, 0.5) is 10.3 Å². The minimum atomic E-state index is -0.147. The summed E-state index contributed by atoms with van der Waals surface area (Å²) in [6.07, 6.45) is 6.70. The number of rotatable bonds is 5. The van der Waals surface area contributed by atoms with E-state index in [4.69, 9.17) is 0 Å². The van der Waals surface area contributed by atoms with Gasteiger partial charge in [0.05, 0.1) is 0 Å². The molecule has 148 valence electrons. The van der Waals surface area contributed by atoms with E-state index in [2.05, 4.69) is 20.9 Å². The Hall–Kier alpha value is -2.76. The number of amides is 1. The zero-order valence-electron chi connectivity index (χ0n) is 16.8. The number of carbonyl (C=O) groups is 1. The molecule has 1 aromatic carbocycles. The number of anilines is 1. The van der Waals surface area contributed by atoms with Crippen LogP contribution >= 0.6 is 0 Å². The van der Waals surface area contributed by atoms with Crippen molar-refractivity contribution in [3.63, 3.8) is 0 Å². The maximum atomic E-state index is 13.8. The molecule has 2 heterocycles. The molecule has 0 radical (unpaired) electrons. The number of carbonyl (C=O) groups excluding carboxylic acids is 1. The van der Waals surface area contributed by atoms with Crippen molar-refractivity contribution in [3.05, 3.63) is 59.2 Å². The van der Waals surface area contributed by atoms with Crippen LogP contribution in [0.5, 0.6) is 0 Å². The Bertz CT molecular complexity index is 835. The van der Waals surface area contributed by atoms with E-state index in [1.165, 1.54) is 0 Å². The first kappa shape index (κ1) is 20.0. The van der Waals surface area contributed by atoms with Gasteiger partial charge in [-0.25, -0.2) is 14.4 Å². The van der Waals surface area contributed by atoms with Gasteiger partial charge in [-0.1, -0.05) is 6.08 Å². The second kappa shape index (κ2) is 8.95. The Morgan fingerprint density at radius 3 is 2.32 bits per heavy atom. The minimum Gasteiger partial charge on any atom is -0.339 e. The molecule has 1 aliphatic heterocycles. The third-order valence-electron chi connectivity index (χ3n) is 5.17. The summed E-state index contributed by atoms with van der Waals surface area (Å²) < 4.78 is 13.8. The van der Waals surface area contributed by atoms with E-state index in [-0.39, 0.29) is 11.7 Å². The van der Waals surface area contributed by atoms with E-state index in [1.54, 1.807) is 32.3 Å². The van der Waals surface area contributed by atoms with Crippen LogP contribution in [0.15, 0.2) is 36.7 Å². The summed E-state index contributed by atoms with van der Waals surface area (Å²) in [6, 6.07) is 5.52. The van der Waals surface area contributed by atoms with Crippen LogP contribution in [-0.4, -0.2) is 47.0 Å². The average Bonchev–Trinajstić information content (AvgIpc) is 2.72. The van der Waals surface area contributed by atoms with Gasteiger partial charge in [0.15, 0.2) is 0 Å². The molecule has 0 unspecified atom stereocenters. The monoisotopic (exact) mass is 382 g/mol. The van der Waals surface area contributed by atoms with E-state index >= 15 is 0 Å². The third-order valence-corrected chi connectivity index (χ3v) is 5.17. The van der Waals surface area contributed by atoms with Crippen molar-refractivity contribution in [2.45, 2.75) is 33.6 Å². The molecule has 6 heteroatoms. The standard InChI is InChI=1S/C22H27FN4O/c1-16(19-14-17(2)21(23)18(3)15-19)6-4-7-20(28)26-10-12-27(13-11-26)22-24-8-5-9-25-22/h5-6,8-9,14-15H,4,7,10-13H2,1-3H3/b16-6+.